The van der Waals surface area contributed by atoms with E-state index in [2.05, 4.69) is 41.5 Å². The third-order valence-corrected chi connectivity index (χ3v) is 3.75. The van der Waals surface area contributed by atoms with E-state index in [0.29, 0.717) is 17.6 Å². The third-order valence-electron chi connectivity index (χ3n) is 3.75. The second-order valence-corrected chi connectivity index (χ2v) is 7.94. The SMILES string of the molecule is CC(C)(C)c1ccc(O)c(C=O)c1.CC(C)(C)c1ccc(O)cc1. The number of benzene rings is 2. The van der Waals surface area contributed by atoms with Gasteiger partial charge in [0.1, 0.15) is 11.5 Å². The molecule has 0 heterocycles. The first-order valence-electron chi connectivity index (χ1n) is 8.03. The lowest BCUT2D eigenvalue weighted by molar-refractivity contribution is 0.112. The second kappa shape index (κ2) is 7.52. The molecule has 0 atom stereocenters. The Balaban J connectivity index is 0.000000243. The molecule has 0 amide bonds. The summed E-state index contributed by atoms with van der Waals surface area (Å²) in [5, 5.41) is 18.3. The summed E-state index contributed by atoms with van der Waals surface area (Å²) in [4.78, 5) is 10.5. The Morgan fingerprint density at radius 2 is 1.21 bits per heavy atom. The van der Waals surface area contributed by atoms with E-state index in [4.69, 9.17) is 5.11 Å². The summed E-state index contributed by atoms with van der Waals surface area (Å²) in [5.41, 5.74) is 2.83. The molecule has 0 unspecified atom stereocenters. The first-order valence-corrected chi connectivity index (χ1v) is 8.03. The van der Waals surface area contributed by atoms with Gasteiger partial charge in [-0.25, -0.2) is 0 Å². The minimum absolute atomic E-state index is 0.00542. The topological polar surface area (TPSA) is 57.5 Å². The summed E-state index contributed by atoms with van der Waals surface area (Å²) >= 11 is 0. The number of aromatic hydroxyl groups is 2. The first-order chi connectivity index (χ1) is 10.9. The number of rotatable bonds is 1. The normalized spacial score (nSPS) is 11.4. The number of carbonyl (C=O) groups excluding carboxylic acids is 1. The maximum Gasteiger partial charge on any atom is 0.153 e. The van der Waals surface area contributed by atoms with Crippen LogP contribution < -0.4 is 0 Å². The molecule has 0 fully saturated rings. The van der Waals surface area contributed by atoms with Crippen molar-refractivity contribution in [1.82, 2.24) is 0 Å². The molecule has 0 saturated heterocycles. The maximum absolute atomic E-state index is 10.5. The van der Waals surface area contributed by atoms with E-state index in [1.165, 1.54) is 5.56 Å². The molecule has 2 aromatic rings. The van der Waals surface area contributed by atoms with Gasteiger partial charge in [0.25, 0.3) is 0 Å². The van der Waals surface area contributed by atoms with E-state index < -0.39 is 0 Å². The smallest absolute Gasteiger partial charge is 0.153 e. The molecule has 130 valence electrons. The van der Waals surface area contributed by atoms with Crippen molar-refractivity contribution in [2.24, 2.45) is 0 Å². The van der Waals surface area contributed by atoms with Crippen LogP contribution in [-0.2, 0) is 10.8 Å². The number of hydrogen-bond donors (Lipinski definition) is 2. The van der Waals surface area contributed by atoms with E-state index >= 15 is 0 Å². The van der Waals surface area contributed by atoms with Crippen molar-refractivity contribution in [1.29, 1.82) is 0 Å². The fourth-order valence-corrected chi connectivity index (χ4v) is 2.08. The Hall–Kier alpha value is -2.29. The van der Waals surface area contributed by atoms with Crippen LogP contribution in [0.4, 0.5) is 0 Å². The summed E-state index contributed by atoms with van der Waals surface area (Å²) < 4.78 is 0. The van der Waals surface area contributed by atoms with Crippen molar-refractivity contribution in [3.05, 3.63) is 59.2 Å². The molecular weight excluding hydrogens is 300 g/mol. The molecular formula is C21H28O3. The highest BCUT2D eigenvalue weighted by atomic mass is 16.3. The van der Waals surface area contributed by atoms with Crippen LogP contribution in [0.3, 0.4) is 0 Å². The van der Waals surface area contributed by atoms with Crippen molar-refractivity contribution >= 4 is 6.29 Å². The fraction of sp³-hybridized carbons (Fsp3) is 0.381. The molecule has 0 aliphatic carbocycles. The highest BCUT2D eigenvalue weighted by Gasteiger charge is 2.15. The Morgan fingerprint density at radius 3 is 1.62 bits per heavy atom. The lowest BCUT2D eigenvalue weighted by Crippen LogP contribution is -2.11. The molecule has 2 N–H and O–H groups in total. The molecule has 3 nitrogen and oxygen atoms in total. The number of phenolic OH excluding ortho intramolecular Hbond substituents is 2. The van der Waals surface area contributed by atoms with Crippen LogP contribution in [0, 0.1) is 0 Å². The van der Waals surface area contributed by atoms with Gasteiger partial charge in [0, 0.05) is 0 Å². The van der Waals surface area contributed by atoms with Crippen molar-refractivity contribution in [2.75, 3.05) is 0 Å². The van der Waals surface area contributed by atoms with E-state index in [1.54, 1.807) is 24.3 Å². The maximum atomic E-state index is 10.5. The molecule has 0 aromatic heterocycles. The van der Waals surface area contributed by atoms with Gasteiger partial charge in [-0.15, -0.1) is 0 Å². The van der Waals surface area contributed by atoms with Crippen molar-refractivity contribution in [2.45, 2.75) is 52.4 Å². The largest absolute Gasteiger partial charge is 0.508 e. The van der Waals surface area contributed by atoms with Gasteiger partial charge in [0.05, 0.1) is 5.56 Å². The van der Waals surface area contributed by atoms with Crippen LogP contribution in [0.5, 0.6) is 11.5 Å². The standard InChI is InChI=1S/C11H14O2.C10H14O/c1-11(2,3)9-4-5-10(13)8(6-9)7-12;1-10(2,3)8-4-6-9(11)7-5-8/h4-7,13H,1-3H3;4-7,11H,1-3H3. The molecule has 24 heavy (non-hydrogen) atoms. The molecule has 3 heteroatoms. The van der Waals surface area contributed by atoms with E-state index in [-0.39, 0.29) is 16.6 Å². The zero-order valence-corrected chi connectivity index (χ0v) is 15.4. The van der Waals surface area contributed by atoms with Gasteiger partial charge >= 0.3 is 0 Å². The van der Waals surface area contributed by atoms with Crippen molar-refractivity contribution in [3.63, 3.8) is 0 Å². The predicted octanol–water partition coefficient (Wildman–Crippen LogP) is 5.19. The molecule has 0 aliphatic heterocycles. The number of carbonyl (C=O) groups is 1. The van der Waals surface area contributed by atoms with Gasteiger partial charge in [0.2, 0.25) is 0 Å². The summed E-state index contributed by atoms with van der Waals surface area (Å²) in [6.45, 7) is 12.6. The minimum atomic E-state index is 0.00542. The highest BCUT2D eigenvalue weighted by Crippen LogP contribution is 2.26. The predicted molar refractivity (Wildman–Crippen MR) is 99.0 cm³/mol. The summed E-state index contributed by atoms with van der Waals surface area (Å²) in [7, 11) is 0. The Bertz CT molecular complexity index is 672. The van der Waals surface area contributed by atoms with Crippen LogP contribution in [-0.4, -0.2) is 16.5 Å². The molecule has 2 aromatic carbocycles. The summed E-state index contributed by atoms with van der Waals surface area (Å²) in [6, 6.07) is 12.5. The van der Waals surface area contributed by atoms with E-state index in [9.17, 15) is 9.90 Å². The van der Waals surface area contributed by atoms with Gasteiger partial charge < -0.3 is 10.2 Å². The van der Waals surface area contributed by atoms with Gasteiger partial charge in [0.15, 0.2) is 6.29 Å². The number of phenols is 2. The lowest BCUT2D eigenvalue weighted by atomic mass is 9.86. The Kier molecular flexibility index (Phi) is 6.19. The monoisotopic (exact) mass is 328 g/mol. The number of aldehydes is 1. The molecule has 0 aliphatic rings. The quantitative estimate of drug-likeness (QED) is 0.708. The van der Waals surface area contributed by atoms with Crippen molar-refractivity contribution in [3.8, 4) is 11.5 Å². The van der Waals surface area contributed by atoms with Crippen LogP contribution in [0.15, 0.2) is 42.5 Å². The average Bonchev–Trinajstić information content (AvgIpc) is 2.46. The second-order valence-electron chi connectivity index (χ2n) is 7.94. The minimum Gasteiger partial charge on any atom is -0.508 e. The third kappa shape index (κ3) is 5.73. The van der Waals surface area contributed by atoms with E-state index in [0.717, 1.165) is 5.56 Å². The van der Waals surface area contributed by atoms with E-state index in [1.807, 2.05) is 18.2 Å². The molecule has 0 radical (unpaired) electrons. The fourth-order valence-electron chi connectivity index (χ4n) is 2.08. The number of hydrogen-bond acceptors (Lipinski definition) is 3. The Labute approximate surface area is 145 Å². The van der Waals surface area contributed by atoms with Gasteiger partial charge in [-0.1, -0.05) is 59.7 Å². The van der Waals surface area contributed by atoms with Gasteiger partial charge in [-0.3, -0.25) is 4.79 Å². The van der Waals surface area contributed by atoms with Crippen LogP contribution in [0.1, 0.15) is 63.0 Å². The molecule has 0 saturated carbocycles. The zero-order chi connectivity index (χ0) is 18.5. The van der Waals surface area contributed by atoms with Crippen LogP contribution >= 0.6 is 0 Å². The average molecular weight is 328 g/mol. The first kappa shape index (κ1) is 19.8. The highest BCUT2D eigenvalue weighted by molar-refractivity contribution is 5.79. The van der Waals surface area contributed by atoms with Crippen molar-refractivity contribution < 1.29 is 15.0 Å². The van der Waals surface area contributed by atoms with Gasteiger partial charge in [-0.05, 0) is 46.2 Å². The molecule has 0 spiro atoms. The summed E-state index contributed by atoms with van der Waals surface area (Å²) in [6.07, 6.45) is 0.671. The molecule has 2 rings (SSSR count). The summed E-state index contributed by atoms with van der Waals surface area (Å²) in [5.74, 6) is 0.376. The zero-order valence-electron chi connectivity index (χ0n) is 15.4. The molecule has 0 bridgehead atoms. The van der Waals surface area contributed by atoms with Gasteiger partial charge in [-0.2, -0.15) is 0 Å². The van der Waals surface area contributed by atoms with Crippen LogP contribution in [0.2, 0.25) is 0 Å². The Morgan fingerprint density at radius 1 is 0.750 bits per heavy atom. The lowest BCUT2D eigenvalue weighted by Gasteiger charge is -2.19. The van der Waals surface area contributed by atoms with Crippen LogP contribution in [0.25, 0.3) is 0 Å².